The molecule has 0 aromatic heterocycles. The molecule has 1 fully saturated rings. The molecule has 61 heavy (non-hydrogen) atoms. The van der Waals surface area contributed by atoms with E-state index < -0.39 is 74.2 Å². The van der Waals surface area contributed by atoms with Crippen LogP contribution in [0.25, 0.3) is 0 Å². The number of allylic oxidation sites excluding steroid dienone is 10. The maximum absolute atomic E-state index is 13.1. The number of ether oxygens (including phenoxy) is 2. The van der Waals surface area contributed by atoms with Gasteiger partial charge in [-0.1, -0.05) is 145 Å². The molecule has 0 spiro atoms. The molecule has 1 amide bonds. The van der Waals surface area contributed by atoms with E-state index in [1.807, 2.05) is 0 Å². The Morgan fingerprint density at radius 3 is 1.59 bits per heavy atom. The van der Waals surface area contributed by atoms with Gasteiger partial charge in [0.05, 0.1) is 25.4 Å². The van der Waals surface area contributed by atoms with E-state index in [1.165, 1.54) is 57.8 Å². The third-order valence-corrected chi connectivity index (χ3v) is 11.2. The first-order valence-corrected chi connectivity index (χ1v) is 24.2. The van der Waals surface area contributed by atoms with E-state index in [2.05, 4.69) is 79.9 Å². The Morgan fingerprint density at radius 2 is 1.03 bits per heavy atom. The summed E-state index contributed by atoms with van der Waals surface area (Å²) in [6, 6.07) is -1.20. The Labute approximate surface area is 370 Å². The van der Waals surface area contributed by atoms with Gasteiger partial charge in [0.15, 0.2) is 6.29 Å². The smallest absolute Gasteiger partial charge is 0.249 e. The Bertz CT molecular complexity index is 1170. The minimum absolute atomic E-state index is 0.234. The normalized spacial score (nSPS) is 22.0. The third kappa shape index (κ3) is 29.0. The van der Waals surface area contributed by atoms with Crippen molar-refractivity contribution < 1.29 is 50.0 Å². The largest absolute Gasteiger partial charge is 0.394 e. The monoisotopic (exact) mass is 864 g/mol. The molecule has 0 aromatic rings. The lowest BCUT2D eigenvalue weighted by Gasteiger charge is -2.40. The Morgan fingerprint density at radius 1 is 0.574 bits per heavy atom. The fourth-order valence-electron chi connectivity index (χ4n) is 7.21. The van der Waals surface area contributed by atoms with Crippen molar-refractivity contribution in [2.75, 3.05) is 13.2 Å². The van der Waals surface area contributed by atoms with E-state index in [4.69, 9.17) is 9.47 Å². The van der Waals surface area contributed by atoms with E-state index in [9.17, 15) is 40.5 Å². The van der Waals surface area contributed by atoms with Crippen molar-refractivity contribution in [3.05, 3.63) is 60.8 Å². The summed E-state index contributed by atoms with van der Waals surface area (Å²) in [6.07, 6.45) is 36.9. The molecule has 9 unspecified atom stereocenters. The number of hydrogen-bond donors (Lipinski definition) is 8. The Kier molecular flexibility index (Phi) is 36.7. The molecule has 1 saturated heterocycles. The molecule has 0 aliphatic carbocycles. The zero-order valence-corrected chi connectivity index (χ0v) is 38.1. The standard InChI is InChI=1S/C50H89NO10/c1-3-5-7-9-11-13-15-17-19-21-22-24-25-27-29-31-33-35-37-42(53)45(55)41(40-60-50-48(58)47(57)46(56)44(39-52)61-50)51-49(59)43(54)38-36-34-32-30-28-26-23-20-18-16-14-12-10-8-6-4-2/h12,14-15,17-18,20,22,24,29,31,41-48,50,52-58H,3-11,13,16,19,21,23,25-28,30,32-40H2,1-2H3,(H,51,59)/b14-12-,17-15+,20-18-,24-22+,31-29+. The highest BCUT2D eigenvalue weighted by atomic mass is 16.7. The SMILES string of the molecule is CCCCC/C=C\C/C=C\CCCCCCCCC(O)C(=O)NC(COC1OC(CO)C(O)C(O)C1O)C(O)C(O)CCC/C=C/CC/C=C/CC/C=C/CCCCCCC. The molecule has 11 heteroatoms. The molecule has 1 heterocycles. The summed E-state index contributed by atoms with van der Waals surface area (Å²) in [5.74, 6) is -0.724. The first-order valence-electron chi connectivity index (χ1n) is 24.2. The predicted octanol–water partition coefficient (Wildman–Crippen LogP) is 8.33. The van der Waals surface area contributed by atoms with Gasteiger partial charge in [-0.2, -0.15) is 0 Å². The summed E-state index contributed by atoms with van der Waals surface area (Å²) < 4.78 is 11.1. The van der Waals surface area contributed by atoms with Gasteiger partial charge in [-0.25, -0.2) is 0 Å². The summed E-state index contributed by atoms with van der Waals surface area (Å²) in [5.41, 5.74) is 0. The summed E-state index contributed by atoms with van der Waals surface area (Å²) >= 11 is 0. The summed E-state index contributed by atoms with van der Waals surface area (Å²) in [7, 11) is 0. The van der Waals surface area contributed by atoms with Gasteiger partial charge in [0.1, 0.15) is 36.6 Å². The van der Waals surface area contributed by atoms with Crippen molar-refractivity contribution in [3.63, 3.8) is 0 Å². The van der Waals surface area contributed by atoms with Crippen LogP contribution in [-0.2, 0) is 14.3 Å². The fourth-order valence-corrected chi connectivity index (χ4v) is 7.21. The van der Waals surface area contributed by atoms with Gasteiger partial charge in [0.25, 0.3) is 0 Å². The predicted molar refractivity (Wildman–Crippen MR) is 247 cm³/mol. The van der Waals surface area contributed by atoms with Crippen molar-refractivity contribution in [1.29, 1.82) is 0 Å². The maximum Gasteiger partial charge on any atom is 0.249 e. The lowest BCUT2D eigenvalue weighted by atomic mass is 9.98. The molecule has 0 aromatic carbocycles. The molecular formula is C50H89NO10. The first-order chi connectivity index (χ1) is 29.7. The fraction of sp³-hybridized carbons (Fsp3) is 0.780. The quantitative estimate of drug-likeness (QED) is 0.0220. The van der Waals surface area contributed by atoms with Gasteiger partial charge in [0, 0.05) is 0 Å². The number of rotatable bonds is 39. The average molecular weight is 864 g/mol. The average Bonchev–Trinajstić information content (AvgIpc) is 3.26. The second kappa shape index (κ2) is 39.4. The second-order valence-corrected chi connectivity index (χ2v) is 16.8. The highest BCUT2D eigenvalue weighted by molar-refractivity contribution is 5.80. The van der Waals surface area contributed by atoms with Crippen molar-refractivity contribution in [2.24, 2.45) is 0 Å². The topological polar surface area (TPSA) is 189 Å². The maximum atomic E-state index is 13.1. The van der Waals surface area contributed by atoms with Gasteiger partial charge in [0.2, 0.25) is 5.91 Å². The minimum Gasteiger partial charge on any atom is -0.394 e. The first kappa shape index (κ1) is 56.8. The van der Waals surface area contributed by atoms with Crippen molar-refractivity contribution in [2.45, 2.75) is 236 Å². The van der Waals surface area contributed by atoms with Crippen molar-refractivity contribution >= 4 is 5.91 Å². The number of nitrogens with one attached hydrogen (secondary N) is 1. The van der Waals surface area contributed by atoms with Crippen LogP contribution in [0.15, 0.2) is 60.8 Å². The molecule has 0 saturated carbocycles. The van der Waals surface area contributed by atoms with Crippen LogP contribution in [0.2, 0.25) is 0 Å². The van der Waals surface area contributed by atoms with Gasteiger partial charge < -0.3 is 50.5 Å². The molecule has 354 valence electrons. The van der Waals surface area contributed by atoms with Crippen molar-refractivity contribution in [3.8, 4) is 0 Å². The van der Waals surface area contributed by atoms with Crippen LogP contribution in [0.1, 0.15) is 181 Å². The zero-order valence-electron chi connectivity index (χ0n) is 38.1. The zero-order chi connectivity index (χ0) is 44.8. The Balaban J connectivity index is 2.49. The van der Waals surface area contributed by atoms with Crippen LogP contribution in [-0.4, -0.2) is 110 Å². The molecule has 8 N–H and O–H groups in total. The third-order valence-electron chi connectivity index (χ3n) is 11.2. The minimum atomic E-state index is -1.68. The van der Waals surface area contributed by atoms with Crippen LogP contribution >= 0.6 is 0 Å². The summed E-state index contributed by atoms with van der Waals surface area (Å²) in [5, 5.41) is 75.7. The van der Waals surface area contributed by atoms with Crippen LogP contribution in [0.4, 0.5) is 0 Å². The molecule has 1 rings (SSSR count). The molecule has 1 aliphatic heterocycles. The summed E-state index contributed by atoms with van der Waals surface area (Å²) in [4.78, 5) is 13.1. The number of unbranched alkanes of at least 4 members (excludes halogenated alkanes) is 17. The van der Waals surface area contributed by atoms with E-state index in [1.54, 1.807) is 0 Å². The van der Waals surface area contributed by atoms with Gasteiger partial charge in [-0.15, -0.1) is 0 Å². The lowest BCUT2D eigenvalue weighted by molar-refractivity contribution is -0.303. The van der Waals surface area contributed by atoms with Crippen LogP contribution < -0.4 is 5.32 Å². The van der Waals surface area contributed by atoms with E-state index in [0.717, 1.165) is 77.0 Å². The number of aliphatic hydroxyl groups is 7. The van der Waals surface area contributed by atoms with Gasteiger partial charge in [-0.05, 0) is 96.3 Å². The number of amides is 1. The molecule has 9 atom stereocenters. The van der Waals surface area contributed by atoms with Crippen molar-refractivity contribution in [1.82, 2.24) is 5.32 Å². The van der Waals surface area contributed by atoms with Crippen LogP contribution in [0, 0.1) is 0 Å². The van der Waals surface area contributed by atoms with E-state index >= 15 is 0 Å². The molecular weight excluding hydrogens is 775 g/mol. The molecule has 0 radical (unpaired) electrons. The van der Waals surface area contributed by atoms with E-state index in [0.29, 0.717) is 19.3 Å². The van der Waals surface area contributed by atoms with Crippen LogP contribution in [0.5, 0.6) is 0 Å². The van der Waals surface area contributed by atoms with Gasteiger partial charge in [-0.3, -0.25) is 4.79 Å². The number of hydrogen-bond acceptors (Lipinski definition) is 10. The second-order valence-electron chi connectivity index (χ2n) is 16.8. The summed E-state index contributed by atoms with van der Waals surface area (Å²) in [6.45, 7) is 3.36. The molecule has 0 bridgehead atoms. The highest BCUT2D eigenvalue weighted by Gasteiger charge is 2.44. The van der Waals surface area contributed by atoms with E-state index in [-0.39, 0.29) is 12.8 Å². The van der Waals surface area contributed by atoms with Crippen LogP contribution in [0.3, 0.4) is 0 Å². The molecule has 1 aliphatic rings. The molecule has 11 nitrogen and oxygen atoms in total. The van der Waals surface area contributed by atoms with Gasteiger partial charge >= 0.3 is 0 Å². The number of carbonyl (C=O) groups is 1. The highest BCUT2D eigenvalue weighted by Crippen LogP contribution is 2.23. The lowest BCUT2D eigenvalue weighted by Crippen LogP contribution is -2.60. The number of carbonyl (C=O) groups excluding carboxylic acids is 1. The Hall–Kier alpha value is -2.19. The number of aliphatic hydroxyl groups excluding tert-OH is 7.